The molecule has 2 aliphatic rings. The molecule has 2 unspecified atom stereocenters. The topological polar surface area (TPSA) is 0 Å². The summed E-state index contributed by atoms with van der Waals surface area (Å²) < 4.78 is -0.00466. The number of hydrogen-bond acceptors (Lipinski definition) is 0. The summed E-state index contributed by atoms with van der Waals surface area (Å²) in [6.45, 7) is 23.2. The molecule has 6 aromatic carbocycles. The van der Waals surface area contributed by atoms with Crippen molar-refractivity contribution in [2.45, 2.75) is 75.7 Å². The fourth-order valence-electron chi connectivity index (χ4n) is 10.6. The van der Waals surface area contributed by atoms with Crippen LogP contribution in [0.25, 0.3) is 56.7 Å². The summed E-state index contributed by atoms with van der Waals surface area (Å²) in [6.07, 6.45) is 5.07. The van der Waals surface area contributed by atoms with Gasteiger partial charge in [-0.25, -0.2) is 0 Å². The van der Waals surface area contributed by atoms with E-state index in [9.17, 15) is 0 Å². The van der Waals surface area contributed by atoms with E-state index in [0.717, 1.165) is 0 Å². The molecule has 0 spiro atoms. The van der Waals surface area contributed by atoms with Crippen LogP contribution in [0.5, 0.6) is 0 Å². The first-order chi connectivity index (χ1) is 27.6. The van der Waals surface area contributed by atoms with Crippen molar-refractivity contribution in [2.75, 3.05) is 0 Å². The van der Waals surface area contributed by atoms with E-state index in [1.807, 2.05) is 0 Å². The summed E-state index contributed by atoms with van der Waals surface area (Å²) >= 11 is -5.13. The third-order valence-corrected chi connectivity index (χ3v) is 64.9. The maximum absolute atomic E-state index is 9.04. The van der Waals surface area contributed by atoms with Gasteiger partial charge in [0.2, 0.25) is 0 Å². The Hall–Kier alpha value is -3.52. The van der Waals surface area contributed by atoms with Gasteiger partial charge in [0.05, 0.1) is 0 Å². The number of hydrogen-bond donors (Lipinski definition) is 0. The van der Waals surface area contributed by atoms with Crippen molar-refractivity contribution in [3.63, 3.8) is 0 Å². The summed E-state index contributed by atoms with van der Waals surface area (Å²) in [4.78, 5) is 0. The number of aryl methyl sites for hydroxylation is 4. The number of rotatable bonds is 9. The molecule has 0 heterocycles. The molecule has 2 atom stereocenters. The molecule has 295 valence electrons. The van der Waals surface area contributed by atoms with Gasteiger partial charge in [0.15, 0.2) is 0 Å². The van der Waals surface area contributed by atoms with Crippen LogP contribution >= 0.6 is 17.0 Å². The van der Waals surface area contributed by atoms with Gasteiger partial charge >= 0.3 is 360 Å². The molecule has 0 saturated carbocycles. The second-order valence-electron chi connectivity index (χ2n) is 18.3. The quantitative estimate of drug-likeness (QED) is 0.127. The standard InChI is InChI=1S/2C26H25.C2H7Si.2ClH.Zr/c2*1-17(2)22-15-21-10-11-24(20-8-6-5-7-9-20)26(25(21)16-22)23-13-18(3)12-19(4)14-23;1-3-2;;;/h2*5-17H,1-4H3;3H,1-2H3;2*1H;/q;;;;;+2/p-2. The minimum absolute atomic E-state index is 0.00233. The summed E-state index contributed by atoms with van der Waals surface area (Å²) in [5.74, 6) is -1.24. The van der Waals surface area contributed by atoms with Crippen LogP contribution in [0.15, 0.2) is 132 Å². The van der Waals surface area contributed by atoms with Gasteiger partial charge < -0.3 is 0 Å². The van der Waals surface area contributed by atoms with Crippen molar-refractivity contribution in [2.24, 2.45) is 11.8 Å². The molecular weight excluding hydrogens is 839 g/mol. The van der Waals surface area contributed by atoms with Crippen LogP contribution in [0.4, 0.5) is 0 Å². The van der Waals surface area contributed by atoms with E-state index in [4.69, 9.17) is 17.0 Å². The van der Waals surface area contributed by atoms with E-state index >= 15 is 0 Å². The summed E-state index contributed by atoms with van der Waals surface area (Å²) in [6, 6.07) is 45.4. The van der Waals surface area contributed by atoms with Gasteiger partial charge in [-0.3, -0.25) is 0 Å². The first kappa shape index (κ1) is 41.2. The van der Waals surface area contributed by atoms with Gasteiger partial charge in [-0.2, -0.15) is 0 Å². The monoisotopic (exact) mass is 893 g/mol. The Morgan fingerprint density at radius 1 is 0.466 bits per heavy atom. The molecule has 0 nitrogen and oxygen atoms in total. The molecular formula is C54H57Cl2SiZr. The van der Waals surface area contributed by atoms with Crippen LogP contribution in [0.2, 0.25) is 13.1 Å². The molecule has 58 heavy (non-hydrogen) atoms. The zero-order valence-corrected chi connectivity index (χ0v) is 41.0. The van der Waals surface area contributed by atoms with Crippen LogP contribution in [-0.4, -0.2) is 5.92 Å². The SMILES string of the molecule is Cc1cc(C)cc(-c2c(-c3ccccc3)ccc3c2C=C(C(C)C)[CH]3[Zr]([Cl])([Cl])([CH]2C(C(C)C)=Cc3c2ccc(-c2ccccc2)c3-c2cc(C)cc(C)c2)[SiH](C)C)c1. The number of fused-ring (bicyclic) bond motifs is 2. The van der Waals surface area contributed by atoms with Crippen LogP contribution < -0.4 is 0 Å². The first-order valence-corrected chi connectivity index (χ1v) is 37.5. The Morgan fingerprint density at radius 3 is 1.12 bits per heavy atom. The summed E-state index contributed by atoms with van der Waals surface area (Å²) in [7, 11) is 18.1. The van der Waals surface area contributed by atoms with E-state index in [-0.39, 0.29) is 19.1 Å². The number of benzene rings is 6. The molecule has 0 radical (unpaired) electrons. The van der Waals surface area contributed by atoms with Crippen LogP contribution in [0, 0.1) is 39.5 Å². The van der Waals surface area contributed by atoms with Crippen LogP contribution in [0.1, 0.15) is 79.5 Å². The van der Waals surface area contributed by atoms with E-state index in [1.54, 1.807) is 0 Å². The molecule has 2 aliphatic carbocycles. The van der Waals surface area contributed by atoms with Gasteiger partial charge in [0.1, 0.15) is 0 Å². The average molecular weight is 896 g/mol. The molecule has 0 amide bonds. The molecule has 0 aromatic heterocycles. The van der Waals surface area contributed by atoms with Crippen molar-refractivity contribution in [3.8, 4) is 44.5 Å². The number of halogens is 2. The second kappa shape index (κ2) is 15.5. The average Bonchev–Trinajstić information content (AvgIpc) is 3.79. The first-order valence-electron chi connectivity index (χ1n) is 21.2. The minimum atomic E-state index is -5.13. The van der Waals surface area contributed by atoms with Gasteiger partial charge in [-0.15, -0.1) is 0 Å². The van der Waals surface area contributed by atoms with Crippen molar-refractivity contribution in [3.05, 3.63) is 177 Å². The molecule has 6 aromatic rings. The van der Waals surface area contributed by atoms with Crippen molar-refractivity contribution < 1.29 is 15.6 Å². The Balaban J connectivity index is 1.44. The third-order valence-electron chi connectivity index (χ3n) is 13.2. The van der Waals surface area contributed by atoms with Crippen LogP contribution in [0.3, 0.4) is 0 Å². The fraction of sp³-hybridized carbons (Fsp3) is 0.259. The van der Waals surface area contributed by atoms with Gasteiger partial charge in [-0.1, -0.05) is 0 Å². The Labute approximate surface area is 356 Å². The van der Waals surface area contributed by atoms with Gasteiger partial charge in [0, 0.05) is 0 Å². The van der Waals surface area contributed by atoms with Crippen molar-refractivity contribution in [1.29, 1.82) is 0 Å². The molecule has 0 bridgehead atoms. The van der Waals surface area contributed by atoms with Crippen LogP contribution in [-0.2, 0) is 15.6 Å². The van der Waals surface area contributed by atoms with Gasteiger partial charge in [0.25, 0.3) is 0 Å². The molecule has 0 N–H and O–H groups in total. The zero-order chi connectivity index (χ0) is 41.3. The summed E-state index contributed by atoms with van der Waals surface area (Å²) in [5, 5.41) is 0. The second-order valence-corrected chi connectivity index (χ2v) is 60.8. The van der Waals surface area contributed by atoms with Crippen molar-refractivity contribution >= 4 is 35.1 Å². The van der Waals surface area contributed by atoms with Gasteiger partial charge in [-0.05, 0) is 0 Å². The molecule has 4 heteroatoms. The fourth-order valence-corrected chi connectivity index (χ4v) is 42.1. The molecule has 0 saturated heterocycles. The maximum atomic E-state index is 9.04. The number of allylic oxidation sites excluding steroid dienone is 2. The van der Waals surface area contributed by atoms with E-state index < -0.39 is 21.5 Å². The van der Waals surface area contributed by atoms with E-state index in [0.29, 0.717) is 0 Å². The molecule has 0 fully saturated rings. The zero-order valence-electron chi connectivity index (χ0n) is 35.8. The molecule has 0 aliphatic heterocycles. The van der Waals surface area contributed by atoms with E-state index in [1.165, 1.54) is 100 Å². The predicted octanol–water partition coefficient (Wildman–Crippen LogP) is 16.5. The summed E-state index contributed by atoms with van der Waals surface area (Å²) in [5.41, 5.74) is 23.3. The Morgan fingerprint density at radius 2 is 0.810 bits per heavy atom. The third kappa shape index (κ3) is 6.85. The Bertz CT molecular complexity index is 2410. The normalized spacial score (nSPS) is 17.0. The predicted molar refractivity (Wildman–Crippen MR) is 255 cm³/mol. The van der Waals surface area contributed by atoms with E-state index in [2.05, 4.69) is 202 Å². The molecule has 8 rings (SSSR count). The Kier molecular flexibility index (Phi) is 11.0. The van der Waals surface area contributed by atoms with Crippen molar-refractivity contribution in [1.82, 2.24) is 0 Å².